The third-order valence-corrected chi connectivity index (χ3v) is 4.27. The van der Waals surface area contributed by atoms with Crippen molar-refractivity contribution in [2.24, 2.45) is 5.92 Å². The molecule has 0 spiro atoms. The first-order valence-electron chi connectivity index (χ1n) is 8.62. The van der Waals surface area contributed by atoms with Crippen LogP contribution in [-0.2, 0) is 11.3 Å². The zero-order valence-electron chi connectivity index (χ0n) is 15.1. The van der Waals surface area contributed by atoms with E-state index in [-0.39, 0.29) is 6.03 Å². The number of amides is 2. The highest BCUT2D eigenvalue weighted by Gasteiger charge is 2.18. The van der Waals surface area contributed by atoms with Crippen molar-refractivity contribution in [2.75, 3.05) is 19.7 Å². The van der Waals surface area contributed by atoms with Crippen LogP contribution in [0.25, 0.3) is 0 Å². The molecule has 1 rings (SSSR count). The summed E-state index contributed by atoms with van der Waals surface area (Å²) in [5.41, 5.74) is 0.312. The predicted octanol–water partition coefficient (Wildman–Crippen LogP) is 3.68. The van der Waals surface area contributed by atoms with Gasteiger partial charge in [-0.15, -0.1) is 11.3 Å². The molecule has 0 aliphatic carbocycles. The molecule has 1 aromatic rings. The van der Waals surface area contributed by atoms with Crippen LogP contribution in [0.2, 0.25) is 0 Å². The van der Waals surface area contributed by atoms with Gasteiger partial charge in [-0.2, -0.15) is 0 Å². The Morgan fingerprint density at radius 1 is 1.38 bits per heavy atom. The molecule has 24 heavy (non-hydrogen) atoms. The molecule has 0 unspecified atom stereocenters. The Kier molecular flexibility index (Phi) is 9.37. The quantitative estimate of drug-likeness (QED) is 0.513. The normalized spacial score (nSPS) is 10.7. The van der Waals surface area contributed by atoms with Gasteiger partial charge in [0.15, 0.2) is 5.69 Å². The molecular weight excluding hydrogens is 326 g/mol. The third kappa shape index (κ3) is 7.29. The van der Waals surface area contributed by atoms with E-state index in [0.717, 1.165) is 24.3 Å². The topological polar surface area (TPSA) is 71.5 Å². The Morgan fingerprint density at radius 3 is 2.75 bits per heavy atom. The van der Waals surface area contributed by atoms with E-state index >= 15 is 0 Å². The lowest BCUT2D eigenvalue weighted by atomic mass is 10.1. The Morgan fingerprint density at radius 2 is 2.12 bits per heavy atom. The van der Waals surface area contributed by atoms with Crippen LogP contribution in [0, 0.1) is 5.92 Å². The second-order valence-electron chi connectivity index (χ2n) is 6.04. The van der Waals surface area contributed by atoms with Gasteiger partial charge in [0.25, 0.3) is 0 Å². The average Bonchev–Trinajstić information content (AvgIpc) is 3.00. The molecule has 0 atom stereocenters. The molecule has 0 saturated carbocycles. The van der Waals surface area contributed by atoms with E-state index in [2.05, 4.69) is 31.1 Å². The molecule has 2 amide bonds. The summed E-state index contributed by atoms with van der Waals surface area (Å²) in [6.07, 6.45) is 2.94. The predicted molar refractivity (Wildman–Crippen MR) is 96.2 cm³/mol. The molecule has 7 heteroatoms. The lowest BCUT2D eigenvalue weighted by molar-refractivity contribution is 0.0520. The second kappa shape index (κ2) is 11.0. The number of urea groups is 1. The van der Waals surface area contributed by atoms with Gasteiger partial charge in [0.2, 0.25) is 0 Å². The number of hydrogen-bond donors (Lipinski definition) is 1. The van der Waals surface area contributed by atoms with E-state index in [1.165, 1.54) is 11.3 Å². The lowest BCUT2D eigenvalue weighted by Crippen LogP contribution is -2.40. The van der Waals surface area contributed by atoms with Gasteiger partial charge in [0.1, 0.15) is 5.01 Å². The Hall–Kier alpha value is -1.63. The second-order valence-corrected chi connectivity index (χ2v) is 6.98. The Balaban J connectivity index is 2.69. The Bertz CT molecular complexity index is 517. The van der Waals surface area contributed by atoms with E-state index < -0.39 is 5.97 Å². The lowest BCUT2D eigenvalue weighted by Gasteiger charge is -2.23. The number of rotatable bonds is 10. The molecule has 0 aliphatic heterocycles. The number of unbranched alkanes of at least 4 members (excludes halogenated alkanes) is 1. The van der Waals surface area contributed by atoms with Gasteiger partial charge < -0.3 is 15.0 Å². The molecule has 0 aliphatic rings. The van der Waals surface area contributed by atoms with Crippen LogP contribution in [0.3, 0.4) is 0 Å². The zero-order chi connectivity index (χ0) is 17.9. The third-order valence-electron chi connectivity index (χ3n) is 3.43. The molecule has 1 N–H and O–H groups in total. The van der Waals surface area contributed by atoms with Gasteiger partial charge in [-0.25, -0.2) is 14.6 Å². The van der Waals surface area contributed by atoms with Gasteiger partial charge in [0, 0.05) is 18.5 Å². The van der Waals surface area contributed by atoms with Crippen LogP contribution in [-0.4, -0.2) is 41.6 Å². The van der Waals surface area contributed by atoms with E-state index in [9.17, 15) is 9.59 Å². The molecule has 1 aromatic heterocycles. The smallest absolute Gasteiger partial charge is 0.357 e. The molecule has 6 nitrogen and oxygen atoms in total. The summed E-state index contributed by atoms with van der Waals surface area (Å²) in [4.78, 5) is 30.1. The standard InChI is InChI=1S/C17H29N3O3S/c1-5-7-9-18-17(22)20(10-8-13(3)4)11-15-19-14(12-24-15)16(21)23-6-2/h12-13H,5-11H2,1-4H3,(H,18,22). The molecule has 136 valence electrons. The number of esters is 1. The summed E-state index contributed by atoms with van der Waals surface area (Å²) < 4.78 is 4.95. The first kappa shape index (κ1) is 20.4. The SMILES string of the molecule is CCCCNC(=O)N(CCC(C)C)Cc1nc(C(=O)OCC)cs1. The van der Waals surface area contributed by atoms with E-state index in [1.807, 2.05) is 0 Å². The number of hydrogen-bond acceptors (Lipinski definition) is 5. The number of aromatic nitrogens is 1. The van der Waals surface area contributed by atoms with Crippen molar-refractivity contribution >= 4 is 23.3 Å². The van der Waals surface area contributed by atoms with Crippen molar-refractivity contribution in [1.29, 1.82) is 0 Å². The van der Waals surface area contributed by atoms with Crippen LogP contribution in [0.1, 0.15) is 62.5 Å². The van der Waals surface area contributed by atoms with Crippen molar-refractivity contribution in [3.05, 3.63) is 16.1 Å². The van der Waals surface area contributed by atoms with Crippen molar-refractivity contribution in [1.82, 2.24) is 15.2 Å². The minimum atomic E-state index is -0.416. The zero-order valence-corrected chi connectivity index (χ0v) is 15.9. The van der Waals surface area contributed by atoms with Gasteiger partial charge >= 0.3 is 12.0 Å². The average molecular weight is 356 g/mol. The Labute approximate surface area is 148 Å². The van der Waals surface area contributed by atoms with Crippen LogP contribution < -0.4 is 5.32 Å². The van der Waals surface area contributed by atoms with Crippen LogP contribution in [0.4, 0.5) is 4.79 Å². The number of carbonyl (C=O) groups is 2. The van der Waals surface area contributed by atoms with Gasteiger partial charge in [-0.3, -0.25) is 0 Å². The fourth-order valence-corrected chi connectivity index (χ4v) is 2.77. The molecule has 0 bridgehead atoms. The van der Waals surface area contributed by atoms with Gasteiger partial charge in [-0.05, 0) is 25.7 Å². The number of ether oxygens (including phenoxy) is 1. The summed E-state index contributed by atoms with van der Waals surface area (Å²) in [7, 11) is 0. The fraction of sp³-hybridized carbons (Fsp3) is 0.706. The van der Waals surface area contributed by atoms with Gasteiger partial charge in [0.05, 0.1) is 13.2 Å². The minimum Gasteiger partial charge on any atom is -0.461 e. The van der Waals surface area contributed by atoms with E-state index in [4.69, 9.17) is 4.74 Å². The molecular formula is C17H29N3O3S. The van der Waals surface area contributed by atoms with E-state index in [1.54, 1.807) is 17.2 Å². The number of carbonyl (C=O) groups excluding carboxylic acids is 2. The summed E-state index contributed by atoms with van der Waals surface area (Å²) in [5, 5.41) is 5.38. The highest BCUT2D eigenvalue weighted by atomic mass is 32.1. The number of nitrogens with zero attached hydrogens (tertiary/aromatic N) is 2. The van der Waals surface area contributed by atoms with Crippen LogP contribution >= 0.6 is 11.3 Å². The summed E-state index contributed by atoms with van der Waals surface area (Å²) in [5.74, 6) is 0.100. The summed E-state index contributed by atoms with van der Waals surface area (Å²) in [6.45, 7) is 10.2. The molecule has 0 radical (unpaired) electrons. The fourth-order valence-electron chi connectivity index (χ4n) is 2.00. The minimum absolute atomic E-state index is 0.0722. The number of nitrogens with one attached hydrogen (secondary N) is 1. The first-order valence-corrected chi connectivity index (χ1v) is 9.50. The van der Waals surface area contributed by atoms with Crippen molar-refractivity contribution in [2.45, 2.75) is 53.5 Å². The maximum absolute atomic E-state index is 12.4. The number of thiazole rings is 1. The maximum Gasteiger partial charge on any atom is 0.357 e. The largest absolute Gasteiger partial charge is 0.461 e. The summed E-state index contributed by atoms with van der Waals surface area (Å²) in [6, 6.07) is -0.0722. The van der Waals surface area contributed by atoms with Crippen molar-refractivity contribution < 1.29 is 14.3 Å². The first-order chi connectivity index (χ1) is 11.5. The maximum atomic E-state index is 12.4. The molecule has 0 aromatic carbocycles. The van der Waals surface area contributed by atoms with Gasteiger partial charge in [-0.1, -0.05) is 27.2 Å². The molecule has 1 heterocycles. The summed E-state index contributed by atoms with van der Waals surface area (Å²) >= 11 is 1.38. The van der Waals surface area contributed by atoms with Crippen molar-refractivity contribution in [3.8, 4) is 0 Å². The van der Waals surface area contributed by atoms with Crippen LogP contribution in [0.5, 0.6) is 0 Å². The highest BCUT2D eigenvalue weighted by Crippen LogP contribution is 2.15. The molecule has 0 saturated heterocycles. The van der Waals surface area contributed by atoms with E-state index in [0.29, 0.717) is 37.9 Å². The van der Waals surface area contributed by atoms with Crippen LogP contribution in [0.15, 0.2) is 5.38 Å². The highest BCUT2D eigenvalue weighted by molar-refractivity contribution is 7.09. The monoisotopic (exact) mass is 355 g/mol. The molecule has 0 fully saturated rings. The van der Waals surface area contributed by atoms with Crippen molar-refractivity contribution in [3.63, 3.8) is 0 Å².